The van der Waals surface area contributed by atoms with Crippen LogP contribution >= 0.6 is 0 Å². The monoisotopic (exact) mass is 1020 g/mol. The fourth-order valence-corrected chi connectivity index (χ4v) is 10.0. The van der Waals surface area contributed by atoms with Crippen molar-refractivity contribution in [2.75, 3.05) is 19.6 Å². The molecule has 0 aliphatic rings. The molecular formula is C75H66N4. The zero-order valence-corrected chi connectivity index (χ0v) is 45.5. The maximum absolute atomic E-state index is 2.32. The molecule has 11 aromatic rings. The lowest BCUT2D eigenvalue weighted by atomic mass is 10.0. The van der Waals surface area contributed by atoms with E-state index in [1.807, 2.05) is 13.8 Å². The molecule has 0 saturated heterocycles. The highest BCUT2D eigenvalue weighted by atomic mass is 15.2. The van der Waals surface area contributed by atoms with Crippen molar-refractivity contribution in [2.45, 2.75) is 34.1 Å². The van der Waals surface area contributed by atoms with E-state index in [1.165, 1.54) is 5.56 Å². The van der Waals surface area contributed by atoms with E-state index >= 15 is 0 Å². The third kappa shape index (κ3) is 12.2. The fourth-order valence-electron chi connectivity index (χ4n) is 10.0. The molecule has 0 radical (unpaired) electrons. The summed E-state index contributed by atoms with van der Waals surface area (Å²) in [5.74, 6) is 0. The predicted molar refractivity (Wildman–Crippen MR) is 340 cm³/mol. The zero-order valence-electron chi connectivity index (χ0n) is 45.5. The van der Waals surface area contributed by atoms with Crippen molar-refractivity contribution >= 4 is 62.6 Å². The lowest BCUT2D eigenvalue weighted by molar-refractivity contribution is 1.17. The van der Waals surface area contributed by atoms with Gasteiger partial charge in [-0.2, -0.15) is 0 Å². The number of hydrogen-bond donors (Lipinski definition) is 0. The van der Waals surface area contributed by atoms with E-state index in [9.17, 15) is 0 Å². The first-order chi connectivity index (χ1) is 39.1. The Morgan fingerprint density at radius 2 is 0.456 bits per heavy atom. The van der Waals surface area contributed by atoms with Crippen molar-refractivity contribution in [3.8, 4) is 33.4 Å². The summed E-state index contributed by atoms with van der Waals surface area (Å²) in [4.78, 5) is 9.25. The summed E-state index contributed by atoms with van der Waals surface area (Å²) in [7, 11) is 0. The van der Waals surface area contributed by atoms with Crippen LogP contribution < -0.4 is 19.6 Å². The summed E-state index contributed by atoms with van der Waals surface area (Å²) in [6.07, 6.45) is 7.57. The van der Waals surface area contributed by atoms with Gasteiger partial charge in [0.1, 0.15) is 0 Å². The third-order valence-corrected chi connectivity index (χ3v) is 13.9. The number of rotatable bonds is 17. The summed E-state index contributed by atoms with van der Waals surface area (Å²) in [5, 5.41) is 0. The van der Waals surface area contributed by atoms with E-state index in [4.69, 9.17) is 0 Å². The van der Waals surface area contributed by atoms with Gasteiger partial charge in [0.05, 0.1) is 0 Å². The Kier molecular flexibility index (Phi) is 17.1. The van der Waals surface area contributed by atoms with E-state index in [-0.39, 0.29) is 0 Å². The molecule has 0 fully saturated rings. The molecule has 386 valence electrons. The number of benzene rings is 11. The quantitative estimate of drug-likeness (QED) is 0.0843. The van der Waals surface area contributed by atoms with Gasteiger partial charge in [-0.05, 0) is 186 Å². The second-order valence-corrected chi connectivity index (χ2v) is 18.8. The van der Waals surface area contributed by atoms with Gasteiger partial charge in [0.15, 0.2) is 0 Å². The smallest absolute Gasteiger partial charge is 0.0462 e. The van der Waals surface area contributed by atoms with Crippen LogP contribution in [0.3, 0.4) is 0 Å². The van der Waals surface area contributed by atoms with Gasteiger partial charge >= 0.3 is 0 Å². The second-order valence-electron chi connectivity index (χ2n) is 18.8. The van der Waals surface area contributed by atoms with Gasteiger partial charge in [0, 0.05) is 68.3 Å². The highest BCUT2D eigenvalue weighted by molar-refractivity contribution is 5.84. The summed E-state index contributed by atoms with van der Waals surface area (Å²) in [6, 6.07) is 106. The first-order valence-corrected chi connectivity index (χ1v) is 27.5. The average Bonchev–Trinajstić information content (AvgIpc) is 3.57. The van der Waals surface area contributed by atoms with Crippen molar-refractivity contribution in [2.24, 2.45) is 0 Å². The minimum atomic E-state index is 0.980. The Bertz CT molecular complexity index is 3620. The minimum absolute atomic E-state index is 0.980. The summed E-state index contributed by atoms with van der Waals surface area (Å²) < 4.78 is 0. The number of nitrogens with zero attached hydrogens (tertiary/aromatic N) is 4. The van der Waals surface area contributed by atoms with Gasteiger partial charge in [-0.3, -0.25) is 0 Å². The number of hydrogen-bond acceptors (Lipinski definition) is 4. The van der Waals surface area contributed by atoms with E-state index in [0.717, 1.165) is 102 Å². The molecule has 0 unspecified atom stereocenters. The van der Waals surface area contributed by atoms with Crippen LogP contribution in [0.1, 0.15) is 34.1 Å². The van der Waals surface area contributed by atoms with Crippen LogP contribution in [0.25, 0.3) is 33.4 Å². The standard InChI is InChI=1S/C73H60N4.C2H6/c1-3-5-21-62(4-2)74(63-22-11-6-12-23-63)68-44-32-56(33-45-68)58-36-48-70(49-37-58)76(66-28-17-9-18-29-66)72-52-40-60(41-53-72)61-42-54-73(55-43-61)77(67-30-19-10-20-31-67)71-50-38-59(39-51-71)57-34-46-69(47-35-57)75(64-24-13-7-14-25-64)65-26-15-8-16-27-65;1-2/h4-55H,3H2,1-2H3;1-2H3/b21-5-,62-4+;. The van der Waals surface area contributed by atoms with Gasteiger partial charge in [0.2, 0.25) is 0 Å². The van der Waals surface area contributed by atoms with Crippen molar-refractivity contribution in [3.63, 3.8) is 0 Å². The normalized spacial score (nSPS) is 11.1. The SMILES string of the molecule is C/C=C(\C=C/CC)N(c1ccccc1)c1ccc(-c2ccc(N(c3ccccc3)c3ccc(-c4ccc(N(c5ccccc5)c5ccc(-c6ccc(N(c7ccccc7)c7ccccc7)cc6)cc5)cc4)cc3)cc2)cc1.CC. The lowest BCUT2D eigenvalue weighted by Crippen LogP contribution is -2.14. The van der Waals surface area contributed by atoms with E-state index in [1.54, 1.807) is 0 Å². The summed E-state index contributed by atoms with van der Waals surface area (Å²) in [5.41, 5.74) is 20.2. The van der Waals surface area contributed by atoms with Crippen molar-refractivity contribution < 1.29 is 0 Å². The molecule has 0 aromatic heterocycles. The molecule has 0 bridgehead atoms. The molecule has 11 aromatic carbocycles. The topological polar surface area (TPSA) is 13.0 Å². The third-order valence-electron chi connectivity index (χ3n) is 13.9. The molecule has 79 heavy (non-hydrogen) atoms. The van der Waals surface area contributed by atoms with Crippen molar-refractivity contribution in [1.29, 1.82) is 0 Å². The van der Waals surface area contributed by atoms with E-state index < -0.39 is 0 Å². The van der Waals surface area contributed by atoms with Gasteiger partial charge in [-0.15, -0.1) is 0 Å². The number of allylic oxidation sites excluding steroid dienone is 3. The highest BCUT2D eigenvalue weighted by Crippen LogP contribution is 2.41. The van der Waals surface area contributed by atoms with Crippen LogP contribution in [0.5, 0.6) is 0 Å². The molecule has 0 saturated carbocycles. The summed E-state index contributed by atoms with van der Waals surface area (Å²) >= 11 is 0. The highest BCUT2D eigenvalue weighted by Gasteiger charge is 2.18. The van der Waals surface area contributed by atoms with Crippen LogP contribution in [-0.4, -0.2) is 0 Å². The largest absolute Gasteiger partial charge is 0.311 e. The van der Waals surface area contributed by atoms with Crippen LogP contribution in [-0.2, 0) is 0 Å². The minimum Gasteiger partial charge on any atom is -0.311 e. The zero-order chi connectivity index (χ0) is 54.2. The van der Waals surface area contributed by atoms with E-state index in [2.05, 4.69) is 349 Å². The van der Waals surface area contributed by atoms with Crippen LogP contribution in [0.2, 0.25) is 0 Å². The Morgan fingerprint density at radius 3 is 0.671 bits per heavy atom. The van der Waals surface area contributed by atoms with Gasteiger partial charge in [-0.25, -0.2) is 0 Å². The molecule has 11 rings (SSSR count). The summed E-state index contributed by atoms with van der Waals surface area (Å²) in [6.45, 7) is 8.27. The molecule has 4 heteroatoms. The van der Waals surface area contributed by atoms with Crippen molar-refractivity contribution in [1.82, 2.24) is 0 Å². The molecular weight excluding hydrogens is 957 g/mol. The first kappa shape index (κ1) is 52.5. The maximum atomic E-state index is 2.32. The number of para-hydroxylation sites is 5. The molecule has 0 aliphatic heterocycles. The fraction of sp³-hybridized carbons (Fsp3) is 0.0667. The molecule has 0 spiro atoms. The van der Waals surface area contributed by atoms with Crippen LogP contribution in [0, 0.1) is 0 Å². The second kappa shape index (κ2) is 25.8. The molecule has 0 heterocycles. The van der Waals surface area contributed by atoms with E-state index in [0.29, 0.717) is 0 Å². The molecule has 0 atom stereocenters. The molecule has 0 amide bonds. The molecule has 0 aliphatic carbocycles. The maximum Gasteiger partial charge on any atom is 0.0462 e. The van der Waals surface area contributed by atoms with Crippen molar-refractivity contribution in [3.05, 3.63) is 321 Å². The van der Waals surface area contributed by atoms with Gasteiger partial charge in [-0.1, -0.05) is 197 Å². The predicted octanol–water partition coefficient (Wildman–Crippen LogP) is 22.1. The van der Waals surface area contributed by atoms with Gasteiger partial charge in [0.25, 0.3) is 0 Å². The Morgan fingerprint density at radius 1 is 0.266 bits per heavy atom. The Hall–Kier alpha value is -9.90. The van der Waals surface area contributed by atoms with Crippen LogP contribution in [0.15, 0.2) is 321 Å². The lowest BCUT2D eigenvalue weighted by Gasteiger charge is -2.27. The Balaban J connectivity index is 0.00000348. The average molecular weight is 1020 g/mol. The molecule has 0 N–H and O–H groups in total. The van der Waals surface area contributed by atoms with Gasteiger partial charge < -0.3 is 19.6 Å². The first-order valence-electron chi connectivity index (χ1n) is 27.5. The van der Waals surface area contributed by atoms with Crippen LogP contribution in [0.4, 0.5) is 62.6 Å². The Labute approximate surface area is 468 Å². The molecule has 4 nitrogen and oxygen atoms in total. The number of anilines is 11.